The lowest BCUT2D eigenvalue weighted by Crippen LogP contribution is -2.26. The lowest BCUT2D eigenvalue weighted by molar-refractivity contribution is -0.314. The lowest BCUT2D eigenvalue weighted by atomic mass is 10.2. The second-order valence-electron chi connectivity index (χ2n) is 2.02. The molecule has 3 N–H and O–H groups in total. The van der Waals surface area contributed by atoms with Gasteiger partial charge in [-0.2, -0.15) is 0 Å². The van der Waals surface area contributed by atoms with E-state index in [2.05, 4.69) is 9.24 Å². The van der Waals surface area contributed by atoms with Crippen LogP contribution in [0.1, 0.15) is 19.3 Å². The molecule has 0 rings (SSSR count). The van der Waals surface area contributed by atoms with Gasteiger partial charge in [-0.1, -0.05) is 0 Å². The standard InChI is InChI=1S/C5H13O3P/c6-5(7,8)3-1-2-4-9/h6-8H,1-4,9H2. The summed E-state index contributed by atoms with van der Waals surface area (Å²) in [4.78, 5) is 0. The number of aliphatic hydroxyl groups is 3. The summed E-state index contributed by atoms with van der Waals surface area (Å²) < 4.78 is 0. The average molecular weight is 152 g/mol. The highest BCUT2D eigenvalue weighted by Gasteiger charge is 2.15. The maximum absolute atomic E-state index is 8.35. The Morgan fingerprint density at radius 2 is 1.67 bits per heavy atom. The number of unbranched alkanes of at least 4 members (excludes halogenated alkanes) is 1. The number of hydrogen-bond acceptors (Lipinski definition) is 3. The van der Waals surface area contributed by atoms with Crippen molar-refractivity contribution in [3.05, 3.63) is 0 Å². The Kier molecular flexibility index (Phi) is 4.32. The molecule has 0 aliphatic carbocycles. The highest BCUT2D eigenvalue weighted by Crippen LogP contribution is 2.07. The molecule has 0 radical (unpaired) electrons. The van der Waals surface area contributed by atoms with Crippen LogP contribution in [0, 0.1) is 0 Å². The van der Waals surface area contributed by atoms with Gasteiger partial charge >= 0.3 is 0 Å². The van der Waals surface area contributed by atoms with Crippen molar-refractivity contribution in [3.63, 3.8) is 0 Å². The molecule has 4 heteroatoms. The first-order valence-electron chi connectivity index (χ1n) is 2.93. The van der Waals surface area contributed by atoms with E-state index >= 15 is 0 Å². The van der Waals surface area contributed by atoms with E-state index in [1.54, 1.807) is 0 Å². The fourth-order valence-corrected chi connectivity index (χ4v) is 0.795. The number of rotatable bonds is 4. The predicted molar refractivity (Wildman–Crippen MR) is 37.8 cm³/mol. The summed E-state index contributed by atoms with van der Waals surface area (Å²) >= 11 is 0. The largest absolute Gasteiger partial charge is 0.344 e. The van der Waals surface area contributed by atoms with Gasteiger partial charge in [-0.25, -0.2) is 0 Å². The van der Waals surface area contributed by atoms with E-state index in [4.69, 9.17) is 15.3 Å². The van der Waals surface area contributed by atoms with Crippen LogP contribution >= 0.6 is 9.24 Å². The fraction of sp³-hybridized carbons (Fsp3) is 1.00. The maximum atomic E-state index is 8.35. The van der Waals surface area contributed by atoms with Gasteiger partial charge in [0.15, 0.2) is 0 Å². The van der Waals surface area contributed by atoms with E-state index in [0.29, 0.717) is 6.42 Å². The Bertz CT molecular complexity index is 69.1. The third-order valence-corrected chi connectivity index (χ3v) is 1.37. The smallest absolute Gasteiger partial charge is 0.275 e. The minimum absolute atomic E-state index is 0.0292. The summed E-state index contributed by atoms with van der Waals surface area (Å²) in [6, 6.07) is 0. The van der Waals surface area contributed by atoms with Crippen molar-refractivity contribution < 1.29 is 15.3 Å². The molecular weight excluding hydrogens is 139 g/mol. The molecule has 0 aromatic heterocycles. The van der Waals surface area contributed by atoms with Gasteiger partial charge in [-0.05, 0) is 19.0 Å². The second-order valence-corrected chi connectivity index (χ2v) is 2.60. The summed E-state index contributed by atoms with van der Waals surface area (Å²) in [7, 11) is 2.53. The van der Waals surface area contributed by atoms with Crippen molar-refractivity contribution in [2.24, 2.45) is 0 Å². The molecule has 0 fully saturated rings. The zero-order valence-corrected chi connectivity index (χ0v) is 6.40. The van der Waals surface area contributed by atoms with Crippen LogP contribution in [-0.4, -0.2) is 27.5 Å². The molecular formula is C5H13O3P. The van der Waals surface area contributed by atoms with Crippen LogP contribution in [0.3, 0.4) is 0 Å². The van der Waals surface area contributed by atoms with Crippen LogP contribution < -0.4 is 0 Å². The Morgan fingerprint density at radius 1 is 1.11 bits per heavy atom. The Morgan fingerprint density at radius 3 is 2.00 bits per heavy atom. The van der Waals surface area contributed by atoms with Gasteiger partial charge < -0.3 is 15.3 Å². The van der Waals surface area contributed by atoms with Crippen molar-refractivity contribution in [2.45, 2.75) is 25.2 Å². The topological polar surface area (TPSA) is 60.7 Å². The van der Waals surface area contributed by atoms with Crippen LogP contribution in [0.25, 0.3) is 0 Å². The van der Waals surface area contributed by atoms with Crippen molar-refractivity contribution in [3.8, 4) is 0 Å². The molecule has 0 aliphatic rings. The summed E-state index contributed by atoms with van der Waals surface area (Å²) in [6.07, 6.45) is 2.47. The van der Waals surface area contributed by atoms with E-state index in [9.17, 15) is 0 Å². The molecule has 56 valence electrons. The molecule has 9 heavy (non-hydrogen) atoms. The van der Waals surface area contributed by atoms with Gasteiger partial charge in [0.05, 0.1) is 0 Å². The van der Waals surface area contributed by atoms with Gasteiger partial charge in [0.1, 0.15) is 0 Å². The van der Waals surface area contributed by atoms with Gasteiger partial charge in [0.2, 0.25) is 0 Å². The highest BCUT2D eigenvalue weighted by atomic mass is 31.0. The zero-order valence-electron chi connectivity index (χ0n) is 5.25. The maximum Gasteiger partial charge on any atom is 0.275 e. The van der Waals surface area contributed by atoms with E-state index in [1.165, 1.54) is 0 Å². The molecule has 3 nitrogen and oxygen atoms in total. The summed E-state index contributed by atoms with van der Waals surface area (Å²) in [6.45, 7) is 0. The van der Waals surface area contributed by atoms with Gasteiger partial charge in [0.25, 0.3) is 5.97 Å². The molecule has 0 aliphatic heterocycles. The first-order valence-corrected chi connectivity index (χ1v) is 3.75. The highest BCUT2D eigenvalue weighted by molar-refractivity contribution is 7.16. The third-order valence-electron chi connectivity index (χ3n) is 0.966. The van der Waals surface area contributed by atoms with E-state index in [-0.39, 0.29) is 6.42 Å². The van der Waals surface area contributed by atoms with Crippen molar-refractivity contribution in [2.75, 3.05) is 6.16 Å². The second kappa shape index (κ2) is 4.18. The molecule has 1 unspecified atom stereocenters. The Hall–Kier alpha value is 0.310. The van der Waals surface area contributed by atoms with Gasteiger partial charge in [-0.15, -0.1) is 9.24 Å². The predicted octanol–water partition coefficient (Wildman–Crippen LogP) is -0.338. The van der Waals surface area contributed by atoms with E-state index in [0.717, 1.165) is 12.6 Å². The van der Waals surface area contributed by atoms with Crippen molar-refractivity contribution in [1.82, 2.24) is 0 Å². The number of hydrogen-bond donors (Lipinski definition) is 3. The van der Waals surface area contributed by atoms with E-state index in [1.807, 2.05) is 0 Å². The normalized spacial score (nSPS) is 12.0. The van der Waals surface area contributed by atoms with Gasteiger partial charge in [0, 0.05) is 6.42 Å². The Labute approximate surface area is 56.9 Å². The van der Waals surface area contributed by atoms with Gasteiger partial charge in [-0.3, -0.25) is 0 Å². The van der Waals surface area contributed by atoms with Crippen molar-refractivity contribution >= 4 is 9.24 Å². The van der Waals surface area contributed by atoms with Crippen LogP contribution in [0.5, 0.6) is 0 Å². The zero-order chi connectivity index (χ0) is 7.33. The molecule has 0 heterocycles. The first kappa shape index (κ1) is 9.31. The van der Waals surface area contributed by atoms with Crippen molar-refractivity contribution in [1.29, 1.82) is 0 Å². The molecule has 0 saturated heterocycles. The molecule has 0 amide bonds. The summed E-state index contributed by atoms with van der Waals surface area (Å²) in [5.74, 6) is -2.46. The van der Waals surface area contributed by atoms with Crippen LogP contribution in [0.2, 0.25) is 0 Å². The molecule has 0 saturated carbocycles. The minimum Gasteiger partial charge on any atom is -0.344 e. The fourth-order valence-electron chi connectivity index (χ4n) is 0.507. The molecule has 0 aromatic carbocycles. The summed E-state index contributed by atoms with van der Waals surface area (Å²) in [5.41, 5.74) is 0. The molecule has 0 bridgehead atoms. The quantitative estimate of drug-likeness (QED) is 0.293. The lowest BCUT2D eigenvalue weighted by Gasteiger charge is -2.12. The average Bonchev–Trinajstić information content (AvgIpc) is 1.63. The summed E-state index contributed by atoms with van der Waals surface area (Å²) in [5, 5.41) is 25.0. The minimum atomic E-state index is -2.46. The molecule has 1 atom stereocenters. The van der Waals surface area contributed by atoms with E-state index < -0.39 is 5.97 Å². The van der Waals surface area contributed by atoms with Crippen LogP contribution in [0.15, 0.2) is 0 Å². The first-order chi connectivity index (χ1) is 4.06. The molecule has 0 aromatic rings. The van der Waals surface area contributed by atoms with Crippen LogP contribution in [-0.2, 0) is 0 Å². The third kappa shape index (κ3) is 8.31. The van der Waals surface area contributed by atoms with Crippen LogP contribution in [0.4, 0.5) is 0 Å². The molecule has 0 spiro atoms. The Balaban J connectivity index is 3.07. The monoisotopic (exact) mass is 152 g/mol. The SMILES string of the molecule is OC(O)(O)CCCCP.